The molecule has 0 N–H and O–H groups in total. The van der Waals surface area contributed by atoms with Gasteiger partial charge in [-0.1, -0.05) is 75.2 Å². The number of carbonyl (C=O) groups is 1. The van der Waals surface area contributed by atoms with Gasteiger partial charge in [0.25, 0.3) is 0 Å². The van der Waals surface area contributed by atoms with Crippen LogP contribution in [0.15, 0.2) is 48.5 Å². The third kappa shape index (κ3) is 3.09. The molecule has 0 atom stereocenters. The van der Waals surface area contributed by atoms with Crippen LogP contribution in [0.5, 0.6) is 0 Å². The number of esters is 1. The molecule has 3 nitrogen and oxygen atoms in total. The third-order valence-electron chi connectivity index (χ3n) is 4.74. The molecule has 0 heterocycles. The molecular weight excluding hydrogens is 312 g/mol. The molecule has 2 aromatic carbocycles. The van der Waals surface area contributed by atoms with Crippen molar-refractivity contribution in [2.75, 3.05) is 13.2 Å². The van der Waals surface area contributed by atoms with Crippen molar-refractivity contribution in [1.82, 2.24) is 0 Å². The molecule has 1 aliphatic rings. The van der Waals surface area contributed by atoms with E-state index in [0.717, 1.165) is 47.9 Å². The molecule has 0 saturated carbocycles. The van der Waals surface area contributed by atoms with Crippen LogP contribution in [0.4, 0.5) is 0 Å². The minimum absolute atomic E-state index is 0.297. The number of ether oxygens (including phenoxy) is 2. The lowest BCUT2D eigenvalue weighted by Crippen LogP contribution is -2.40. The lowest BCUT2D eigenvalue weighted by molar-refractivity contribution is -0.168. The Morgan fingerprint density at radius 2 is 1.36 bits per heavy atom. The first-order valence-electron chi connectivity index (χ1n) is 9.26. The summed E-state index contributed by atoms with van der Waals surface area (Å²) in [6.07, 6.45) is 3.78. The highest BCUT2D eigenvalue weighted by Gasteiger charge is 2.51. The zero-order valence-corrected chi connectivity index (χ0v) is 15.1. The molecule has 2 aromatic rings. The maximum Gasteiger partial charge on any atom is 0.347 e. The topological polar surface area (TPSA) is 35.5 Å². The molecule has 0 bridgehead atoms. The molecule has 0 aromatic heterocycles. The van der Waals surface area contributed by atoms with Crippen LogP contribution in [0.3, 0.4) is 0 Å². The second kappa shape index (κ2) is 7.83. The Hall–Kier alpha value is -2.13. The Kier molecular flexibility index (Phi) is 5.54. The van der Waals surface area contributed by atoms with Crippen molar-refractivity contribution in [3.63, 3.8) is 0 Å². The van der Waals surface area contributed by atoms with E-state index in [-0.39, 0.29) is 5.97 Å². The first kappa shape index (κ1) is 17.7. The average molecular weight is 338 g/mol. The minimum Gasteiger partial charge on any atom is -0.463 e. The summed E-state index contributed by atoms with van der Waals surface area (Å²) in [4.78, 5) is 13.2. The van der Waals surface area contributed by atoms with Crippen LogP contribution in [0.1, 0.15) is 50.7 Å². The van der Waals surface area contributed by atoms with E-state index in [1.807, 2.05) is 36.4 Å². The van der Waals surface area contributed by atoms with E-state index in [1.54, 1.807) is 0 Å². The van der Waals surface area contributed by atoms with Crippen LogP contribution >= 0.6 is 0 Å². The zero-order chi connectivity index (χ0) is 17.7. The Bertz CT molecular complexity index is 690. The van der Waals surface area contributed by atoms with Gasteiger partial charge in [-0.25, -0.2) is 4.79 Å². The van der Waals surface area contributed by atoms with E-state index in [4.69, 9.17) is 9.47 Å². The van der Waals surface area contributed by atoms with Gasteiger partial charge in [0.2, 0.25) is 5.60 Å². The van der Waals surface area contributed by atoms with Gasteiger partial charge in [-0.3, -0.25) is 0 Å². The van der Waals surface area contributed by atoms with E-state index >= 15 is 0 Å². The fourth-order valence-electron chi connectivity index (χ4n) is 3.41. The molecule has 0 fully saturated rings. The number of hydrogen-bond donors (Lipinski definition) is 0. The highest BCUT2D eigenvalue weighted by atomic mass is 16.6. The summed E-state index contributed by atoms with van der Waals surface area (Å²) in [7, 11) is 0. The number of benzene rings is 2. The van der Waals surface area contributed by atoms with Gasteiger partial charge < -0.3 is 9.47 Å². The molecule has 3 heteroatoms. The van der Waals surface area contributed by atoms with E-state index in [2.05, 4.69) is 26.0 Å². The lowest BCUT2D eigenvalue weighted by Gasteiger charge is -2.30. The summed E-state index contributed by atoms with van der Waals surface area (Å²) in [6.45, 7) is 5.16. The van der Waals surface area contributed by atoms with Gasteiger partial charge in [0, 0.05) is 17.7 Å². The first-order valence-corrected chi connectivity index (χ1v) is 9.26. The molecular formula is C22H26O3. The van der Waals surface area contributed by atoms with Gasteiger partial charge in [-0.15, -0.1) is 0 Å². The summed E-state index contributed by atoms with van der Waals surface area (Å²) in [5.74, 6) is -0.297. The Morgan fingerprint density at radius 3 is 1.92 bits per heavy atom. The molecule has 0 saturated heterocycles. The van der Waals surface area contributed by atoms with Crippen molar-refractivity contribution in [3.05, 3.63) is 59.7 Å². The molecule has 0 amide bonds. The van der Waals surface area contributed by atoms with Crippen molar-refractivity contribution in [1.29, 1.82) is 0 Å². The van der Waals surface area contributed by atoms with Crippen LogP contribution in [-0.4, -0.2) is 19.2 Å². The highest BCUT2D eigenvalue weighted by molar-refractivity contribution is 5.96. The number of rotatable bonds is 8. The van der Waals surface area contributed by atoms with Crippen LogP contribution in [0.2, 0.25) is 0 Å². The SMILES string of the molecule is CCCCOC(=O)C1(OCCCC)c2ccccc2-c2ccccc21. The summed E-state index contributed by atoms with van der Waals surface area (Å²) in [5, 5.41) is 0. The van der Waals surface area contributed by atoms with Crippen molar-refractivity contribution in [2.24, 2.45) is 0 Å². The van der Waals surface area contributed by atoms with Gasteiger partial charge in [-0.05, 0) is 24.0 Å². The molecule has 3 rings (SSSR count). The number of unbranched alkanes of at least 4 members (excludes halogenated alkanes) is 2. The lowest BCUT2D eigenvalue weighted by atomic mass is 9.91. The van der Waals surface area contributed by atoms with Gasteiger partial charge in [0.1, 0.15) is 0 Å². The number of hydrogen-bond acceptors (Lipinski definition) is 3. The second-order valence-corrected chi connectivity index (χ2v) is 6.46. The quantitative estimate of drug-likeness (QED) is 0.498. The maximum atomic E-state index is 13.2. The molecule has 1 aliphatic carbocycles. The van der Waals surface area contributed by atoms with Gasteiger partial charge in [0.15, 0.2) is 0 Å². The number of fused-ring (bicyclic) bond motifs is 3. The Labute approximate surface area is 150 Å². The largest absolute Gasteiger partial charge is 0.463 e. The predicted octanol–water partition coefficient (Wildman–Crippen LogP) is 5.07. The van der Waals surface area contributed by atoms with Gasteiger partial charge >= 0.3 is 5.97 Å². The fraction of sp³-hybridized carbons (Fsp3) is 0.409. The fourth-order valence-corrected chi connectivity index (χ4v) is 3.41. The summed E-state index contributed by atoms with van der Waals surface area (Å²) in [5.41, 5.74) is 2.77. The zero-order valence-electron chi connectivity index (χ0n) is 15.1. The first-order chi connectivity index (χ1) is 12.3. The third-order valence-corrected chi connectivity index (χ3v) is 4.74. The standard InChI is InChI=1S/C22H26O3/c1-3-5-15-24-21(23)22(25-16-6-4-2)19-13-9-7-11-17(19)18-12-8-10-14-20(18)22/h7-14H,3-6,15-16H2,1-2H3. The van der Waals surface area contributed by atoms with Crippen LogP contribution in [-0.2, 0) is 19.9 Å². The second-order valence-electron chi connectivity index (χ2n) is 6.46. The molecule has 132 valence electrons. The highest BCUT2D eigenvalue weighted by Crippen LogP contribution is 2.50. The van der Waals surface area contributed by atoms with E-state index in [1.165, 1.54) is 0 Å². The van der Waals surface area contributed by atoms with Crippen molar-refractivity contribution in [3.8, 4) is 11.1 Å². The average Bonchev–Trinajstić information content (AvgIpc) is 2.94. The van der Waals surface area contributed by atoms with Gasteiger partial charge in [0.05, 0.1) is 6.61 Å². The van der Waals surface area contributed by atoms with Crippen LogP contribution < -0.4 is 0 Å². The van der Waals surface area contributed by atoms with Crippen molar-refractivity contribution >= 4 is 5.97 Å². The summed E-state index contributed by atoms with van der Waals surface area (Å²) < 4.78 is 12.0. The summed E-state index contributed by atoms with van der Waals surface area (Å²) >= 11 is 0. The van der Waals surface area contributed by atoms with Gasteiger partial charge in [-0.2, -0.15) is 0 Å². The molecule has 0 unspecified atom stereocenters. The van der Waals surface area contributed by atoms with E-state index < -0.39 is 5.60 Å². The Balaban J connectivity index is 2.08. The Morgan fingerprint density at radius 1 is 0.840 bits per heavy atom. The molecule has 0 spiro atoms. The molecule has 25 heavy (non-hydrogen) atoms. The maximum absolute atomic E-state index is 13.2. The molecule has 0 radical (unpaired) electrons. The summed E-state index contributed by atoms with van der Waals surface area (Å²) in [6, 6.07) is 16.0. The minimum atomic E-state index is -1.14. The number of carbonyl (C=O) groups excluding carboxylic acids is 1. The monoisotopic (exact) mass is 338 g/mol. The van der Waals surface area contributed by atoms with Crippen molar-refractivity contribution in [2.45, 2.75) is 45.1 Å². The molecule has 0 aliphatic heterocycles. The van der Waals surface area contributed by atoms with Crippen LogP contribution in [0, 0.1) is 0 Å². The smallest absolute Gasteiger partial charge is 0.347 e. The van der Waals surface area contributed by atoms with E-state index in [9.17, 15) is 4.79 Å². The normalized spacial score (nSPS) is 14.0. The van der Waals surface area contributed by atoms with Crippen molar-refractivity contribution < 1.29 is 14.3 Å². The van der Waals surface area contributed by atoms with E-state index in [0.29, 0.717) is 13.2 Å². The van der Waals surface area contributed by atoms with Crippen LogP contribution in [0.25, 0.3) is 11.1 Å². The predicted molar refractivity (Wildman–Crippen MR) is 99.4 cm³/mol.